The van der Waals surface area contributed by atoms with Crippen molar-refractivity contribution in [2.75, 3.05) is 29.9 Å². The van der Waals surface area contributed by atoms with Crippen LogP contribution in [0.1, 0.15) is 18.1 Å². The molecular weight excluding hydrogens is 384 g/mol. The van der Waals surface area contributed by atoms with Crippen LogP contribution in [0, 0.1) is 6.92 Å². The minimum absolute atomic E-state index is 0.304. The fraction of sp³-hybridized carbons (Fsp3) is 0.318. The van der Waals surface area contributed by atoms with Crippen LogP contribution >= 0.6 is 10.6 Å². The first-order valence-corrected chi connectivity index (χ1v) is 11.5. The Morgan fingerprint density at radius 2 is 2.00 bits per heavy atom. The predicted octanol–water partition coefficient (Wildman–Crippen LogP) is 4.43. The van der Waals surface area contributed by atoms with Gasteiger partial charge in [0.2, 0.25) is 0 Å². The summed E-state index contributed by atoms with van der Waals surface area (Å²) in [6, 6.07) is 15.9. The number of fused-ring (bicyclic) bond motifs is 2. The van der Waals surface area contributed by atoms with Crippen LogP contribution in [-0.2, 0) is 6.54 Å². The van der Waals surface area contributed by atoms with Crippen LogP contribution in [0.5, 0.6) is 0 Å². The second kappa shape index (κ2) is 7.84. The van der Waals surface area contributed by atoms with Gasteiger partial charge in [-0.1, -0.05) is 29.8 Å². The molecule has 29 heavy (non-hydrogen) atoms. The summed E-state index contributed by atoms with van der Waals surface area (Å²) in [5, 5.41) is 4.18. The molecule has 0 saturated carbocycles. The largest absolute Gasteiger partial charge is 0.383 e. The van der Waals surface area contributed by atoms with Gasteiger partial charge in [-0.2, -0.15) is 10.6 Å². The van der Waals surface area contributed by atoms with Gasteiger partial charge in [-0.3, -0.25) is 9.11 Å². The van der Waals surface area contributed by atoms with E-state index in [-0.39, 0.29) is 5.25 Å². The Hall–Kier alpha value is -2.32. The first kappa shape index (κ1) is 20.0. The molecule has 154 valence electrons. The predicted molar refractivity (Wildman–Crippen MR) is 122 cm³/mol. The Bertz CT molecular complexity index is 1040. The van der Waals surface area contributed by atoms with Crippen molar-refractivity contribution < 1.29 is 9.11 Å². The van der Waals surface area contributed by atoms with Crippen LogP contribution in [0.25, 0.3) is 10.9 Å². The lowest BCUT2D eigenvalue weighted by molar-refractivity contribution is 0.474. The Balaban J connectivity index is 1.81. The van der Waals surface area contributed by atoms with E-state index in [0.717, 1.165) is 28.0 Å². The molecule has 6 nitrogen and oxygen atoms in total. The fourth-order valence-corrected chi connectivity index (χ4v) is 5.46. The normalized spacial score (nSPS) is 19.5. The first-order chi connectivity index (χ1) is 13.9. The number of nitrogens with two attached hydrogens (primary N) is 1. The number of pyridine rings is 1. The molecule has 1 unspecified atom stereocenters. The zero-order valence-corrected chi connectivity index (χ0v) is 17.6. The van der Waals surface area contributed by atoms with Crippen LogP contribution in [0.3, 0.4) is 0 Å². The van der Waals surface area contributed by atoms with Gasteiger partial charge in [-0.25, -0.2) is 4.98 Å². The van der Waals surface area contributed by atoms with E-state index in [1.807, 2.05) is 43.3 Å². The van der Waals surface area contributed by atoms with Crippen molar-refractivity contribution in [3.05, 3.63) is 59.7 Å². The van der Waals surface area contributed by atoms with Gasteiger partial charge in [0, 0.05) is 43.3 Å². The zero-order valence-electron chi connectivity index (χ0n) is 16.8. The molecule has 0 fully saturated rings. The summed E-state index contributed by atoms with van der Waals surface area (Å²) in [6.07, 6.45) is 0. The molecule has 2 aromatic carbocycles. The quantitative estimate of drug-likeness (QED) is 0.506. The monoisotopic (exact) mass is 412 g/mol. The summed E-state index contributed by atoms with van der Waals surface area (Å²) in [6.45, 7) is 6.27. The SMILES string of the molecule is Cc1ccc2nc(N3Cc4ccccc4S(O)(O)C(C)C3)cc(NCCN)c2c1. The fourth-order valence-electron chi connectivity index (χ4n) is 3.84. The first-order valence-electron chi connectivity index (χ1n) is 9.85. The Kier molecular flexibility index (Phi) is 5.40. The highest BCUT2D eigenvalue weighted by molar-refractivity contribution is 8.24. The number of nitrogens with zero attached hydrogens (tertiary/aromatic N) is 2. The molecule has 2 heterocycles. The summed E-state index contributed by atoms with van der Waals surface area (Å²) in [4.78, 5) is 7.69. The number of nitrogens with one attached hydrogen (secondary N) is 1. The van der Waals surface area contributed by atoms with Crippen molar-refractivity contribution in [1.29, 1.82) is 0 Å². The van der Waals surface area contributed by atoms with Crippen molar-refractivity contribution in [3.63, 3.8) is 0 Å². The highest BCUT2D eigenvalue weighted by Crippen LogP contribution is 2.55. The smallest absolute Gasteiger partial charge is 0.131 e. The number of hydrogen-bond donors (Lipinski definition) is 4. The van der Waals surface area contributed by atoms with Crippen LogP contribution in [-0.4, -0.2) is 39.0 Å². The minimum atomic E-state index is -2.87. The summed E-state index contributed by atoms with van der Waals surface area (Å²) in [5.41, 5.74) is 9.72. The van der Waals surface area contributed by atoms with Gasteiger partial charge in [-0.15, -0.1) is 0 Å². The van der Waals surface area contributed by atoms with Crippen LogP contribution < -0.4 is 16.0 Å². The summed E-state index contributed by atoms with van der Waals surface area (Å²) in [5.74, 6) is 0.819. The van der Waals surface area contributed by atoms with Crippen LogP contribution in [0.15, 0.2) is 53.4 Å². The molecule has 5 N–H and O–H groups in total. The average Bonchev–Trinajstić information content (AvgIpc) is 2.81. The molecule has 3 aromatic rings. The van der Waals surface area contributed by atoms with Crippen molar-refractivity contribution in [2.45, 2.75) is 30.5 Å². The highest BCUT2D eigenvalue weighted by atomic mass is 32.3. The molecule has 0 aliphatic carbocycles. The van der Waals surface area contributed by atoms with E-state index in [4.69, 9.17) is 10.7 Å². The van der Waals surface area contributed by atoms with E-state index in [1.54, 1.807) is 0 Å². The van der Waals surface area contributed by atoms with Crippen LogP contribution in [0.2, 0.25) is 0 Å². The number of benzene rings is 2. The summed E-state index contributed by atoms with van der Waals surface area (Å²) >= 11 is 0. The van der Waals surface area contributed by atoms with Crippen molar-refractivity contribution in [2.24, 2.45) is 5.73 Å². The highest BCUT2D eigenvalue weighted by Gasteiger charge is 2.32. The molecule has 0 spiro atoms. The third kappa shape index (κ3) is 3.79. The molecule has 4 rings (SSSR count). The van der Waals surface area contributed by atoms with Crippen molar-refractivity contribution in [1.82, 2.24) is 4.98 Å². The van der Waals surface area contributed by atoms with Gasteiger partial charge >= 0.3 is 0 Å². The van der Waals surface area contributed by atoms with E-state index in [2.05, 4.69) is 29.3 Å². The third-order valence-corrected chi connectivity index (χ3v) is 7.75. The van der Waals surface area contributed by atoms with Gasteiger partial charge in [0.25, 0.3) is 0 Å². The van der Waals surface area contributed by atoms with Crippen molar-refractivity contribution in [3.8, 4) is 0 Å². The van der Waals surface area contributed by atoms with Gasteiger partial charge < -0.3 is 16.0 Å². The lowest BCUT2D eigenvalue weighted by Gasteiger charge is -2.38. The Labute approximate surface area is 173 Å². The topological polar surface area (TPSA) is 94.6 Å². The van der Waals surface area contributed by atoms with E-state index in [9.17, 15) is 9.11 Å². The van der Waals surface area contributed by atoms with Gasteiger partial charge in [0.1, 0.15) is 5.82 Å². The van der Waals surface area contributed by atoms with Gasteiger partial charge in [0.05, 0.1) is 15.7 Å². The third-order valence-electron chi connectivity index (χ3n) is 5.43. The standard InChI is InChI=1S/C22H28N4O2S/c1-15-7-8-19-18(11-15)20(24-10-9-23)12-22(25-19)26-13-16(2)29(27,28)21-6-4-3-5-17(21)14-26/h3-8,11-12,16,27-28H,9-10,13-14,23H2,1-2H3,(H,24,25). The molecule has 0 radical (unpaired) electrons. The maximum atomic E-state index is 10.9. The molecule has 1 atom stereocenters. The molecule has 0 bridgehead atoms. The second-order valence-electron chi connectivity index (χ2n) is 7.66. The maximum absolute atomic E-state index is 10.9. The molecule has 1 aliphatic heterocycles. The second-order valence-corrected chi connectivity index (χ2v) is 10.1. The number of aromatic nitrogens is 1. The molecule has 1 aliphatic rings. The van der Waals surface area contributed by atoms with E-state index in [1.165, 1.54) is 5.56 Å². The molecule has 0 saturated heterocycles. The summed E-state index contributed by atoms with van der Waals surface area (Å²) < 4.78 is 21.8. The minimum Gasteiger partial charge on any atom is -0.383 e. The van der Waals surface area contributed by atoms with E-state index < -0.39 is 10.6 Å². The summed E-state index contributed by atoms with van der Waals surface area (Å²) in [7, 11) is -2.87. The molecule has 0 amide bonds. The molecular formula is C22H28N4O2S. The van der Waals surface area contributed by atoms with Crippen LogP contribution in [0.4, 0.5) is 11.5 Å². The lowest BCUT2D eigenvalue weighted by atomic mass is 10.1. The molecule has 7 heteroatoms. The average molecular weight is 413 g/mol. The number of rotatable bonds is 4. The Morgan fingerprint density at radius 3 is 2.79 bits per heavy atom. The van der Waals surface area contributed by atoms with Gasteiger partial charge in [-0.05, 0) is 37.6 Å². The number of aryl methyl sites for hydroxylation is 1. The van der Waals surface area contributed by atoms with E-state index >= 15 is 0 Å². The Morgan fingerprint density at radius 1 is 1.21 bits per heavy atom. The molecule has 1 aromatic heterocycles. The lowest BCUT2D eigenvalue weighted by Crippen LogP contribution is -2.31. The van der Waals surface area contributed by atoms with E-state index in [0.29, 0.717) is 31.1 Å². The zero-order chi connectivity index (χ0) is 20.6. The number of anilines is 2. The number of hydrogen-bond acceptors (Lipinski definition) is 6. The van der Waals surface area contributed by atoms with Gasteiger partial charge in [0.15, 0.2) is 0 Å². The maximum Gasteiger partial charge on any atom is 0.131 e. The van der Waals surface area contributed by atoms with Crippen molar-refractivity contribution >= 4 is 33.0 Å².